The molecule has 1 fully saturated rings. The van der Waals surface area contributed by atoms with Crippen molar-refractivity contribution in [2.75, 3.05) is 6.54 Å². The second-order valence-corrected chi connectivity index (χ2v) is 6.79. The molecule has 0 bridgehead atoms. The zero-order valence-electron chi connectivity index (χ0n) is 12.9. The first-order valence-electron chi connectivity index (χ1n) is 8.32. The summed E-state index contributed by atoms with van der Waals surface area (Å²) in [5.74, 6) is 0.274. The van der Waals surface area contributed by atoms with Gasteiger partial charge in [-0.2, -0.15) is 0 Å². The molecule has 3 aromatic carbocycles. The lowest BCUT2D eigenvalue weighted by Crippen LogP contribution is -2.39. The van der Waals surface area contributed by atoms with Gasteiger partial charge < -0.3 is 10.2 Å². The van der Waals surface area contributed by atoms with Crippen LogP contribution in [0.3, 0.4) is 0 Å². The van der Waals surface area contributed by atoms with Gasteiger partial charge in [0.15, 0.2) is 0 Å². The van der Waals surface area contributed by atoms with Gasteiger partial charge in [-0.3, -0.25) is 4.90 Å². The molecule has 3 heteroatoms. The van der Waals surface area contributed by atoms with E-state index in [4.69, 9.17) is 0 Å². The molecular formula is C20H19NO2. The van der Waals surface area contributed by atoms with Crippen molar-refractivity contribution < 1.29 is 10.2 Å². The number of aliphatic hydroxyl groups is 1. The van der Waals surface area contributed by atoms with Crippen molar-refractivity contribution >= 4 is 21.5 Å². The molecule has 2 aliphatic heterocycles. The normalized spacial score (nSPS) is 24.0. The maximum absolute atomic E-state index is 11.1. The first-order valence-corrected chi connectivity index (χ1v) is 8.32. The molecule has 2 N–H and O–H groups in total. The predicted octanol–water partition coefficient (Wildman–Crippen LogP) is 3.71. The highest BCUT2D eigenvalue weighted by molar-refractivity contribution is 6.11. The fourth-order valence-corrected chi connectivity index (χ4v) is 4.59. The quantitative estimate of drug-likeness (QED) is 0.622. The highest BCUT2D eigenvalue weighted by Crippen LogP contribution is 2.45. The molecule has 0 aliphatic carbocycles. The zero-order chi connectivity index (χ0) is 15.6. The molecule has 0 saturated carbocycles. The minimum Gasteiger partial charge on any atom is -0.508 e. The van der Waals surface area contributed by atoms with Gasteiger partial charge in [-0.25, -0.2) is 0 Å². The van der Waals surface area contributed by atoms with Crippen molar-refractivity contribution in [1.82, 2.24) is 4.90 Å². The van der Waals surface area contributed by atoms with E-state index < -0.39 is 6.10 Å². The number of phenols is 1. The Hall–Kier alpha value is -2.10. The van der Waals surface area contributed by atoms with Crippen LogP contribution in [0.2, 0.25) is 0 Å². The number of aromatic hydroxyl groups is 1. The summed E-state index contributed by atoms with van der Waals surface area (Å²) in [5.41, 5.74) is 2.33. The molecule has 3 nitrogen and oxygen atoms in total. The van der Waals surface area contributed by atoms with E-state index in [2.05, 4.69) is 23.1 Å². The average Bonchev–Trinajstić information content (AvgIpc) is 3.04. The number of nitrogens with zero attached hydrogens (tertiary/aromatic N) is 1. The second-order valence-electron chi connectivity index (χ2n) is 6.79. The third-order valence-electron chi connectivity index (χ3n) is 5.60. The predicted molar refractivity (Wildman–Crippen MR) is 91.5 cm³/mol. The number of hydrogen-bond acceptors (Lipinski definition) is 3. The number of benzene rings is 3. The van der Waals surface area contributed by atoms with Crippen LogP contribution in [0.1, 0.15) is 30.1 Å². The largest absolute Gasteiger partial charge is 0.508 e. The van der Waals surface area contributed by atoms with Crippen molar-refractivity contribution in [3.8, 4) is 5.75 Å². The Morgan fingerprint density at radius 1 is 0.957 bits per heavy atom. The van der Waals surface area contributed by atoms with Gasteiger partial charge in [0.1, 0.15) is 5.75 Å². The number of aliphatic hydroxyl groups excluding tert-OH is 1. The molecule has 1 saturated heterocycles. The maximum Gasteiger partial charge on any atom is 0.116 e. The molecule has 0 unspecified atom stereocenters. The van der Waals surface area contributed by atoms with Gasteiger partial charge in [-0.05, 0) is 64.2 Å². The fraction of sp³-hybridized carbons (Fsp3) is 0.300. The van der Waals surface area contributed by atoms with Gasteiger partial charge in [0.25, 0.3) is 0 Å². The molecule has 2 aliphatic rings. The Labute approximate surface area is 134 Å². The molecule has 3 aromatic rings. The average molecular weight is 305 g/mol. The maximum atomic E-state index is 11.1. The SMILES string of the molecule is Oc1ccc2c3c(c4ccccc4c2c1)CN1CCC[C@H]1[C@H]3O. The molecule has 5 rings (SSSR count). The highest BCUT2D eigenvalue weighted by Gasteiger charge is 2.38. The van der Waals surface area contributed by atoms with Gasteiger partial charge in [-0.1, -0.05) is 30.3 Å². The molecular weight excluding hydrogens is 286 g/mol. The lowest BCUT2D eigenvalue weighted by atomic mass is 9.83. The molecule has 23 heavy (non-hydrogen) atoms. The van der Waals surface area contributed by atoms with Crippen molar-refractivity contribution in [1.29, 1.82) is 0 Å². The molecule has 2 heterocycles. The molecule has 2 atom stereocenters. The van der Waals surface area contributed by atoms with Crippen LogP contribution in [-0.2, 0) is 6.54 Å². The van der Waals surface area contributed by atoms with E-state index in [0.717, 1.165) is 47.7 Å². The van der Waals surface area contributed by atoms with E-state index in [-0.39, 0.29) is 11.8 Å². The first kappa shape index (κ1) is 13.3. The Kier molecular flexibility index (Phi) is 2.73. The second kappa shape index (κ2) is 4.70. The van der Waals surface area contributed by atoms with Crippen LogP contribution in [0.4, 0.5) is 0 Å². The first-order chi connectivity index (χ1) is 11.2. The topological polar surface area (TPSA) is 43.7 Å². The van der Waals surface area contributed by atoms with Crippen LogP contribution < -0.4 is 0 Å². The standard InChI is InChI=1S/C20H19NO2/c22-12-7-8-15-16(10-12)13-4-1-2-5-14(13)17-11-21-9-3-6-18(21)20(23)19(15)17/h1-2,4-5,7-8,10,18,20,22-23H,3,6,9,11H2/t18-,20+/m0/s1. The summed E-state index contributed by atoms with van der Waals surface area (Å²) in [4.78, 5) is 2.42. The molecule has 0 radical (unpaired) electrons. The summed E-state index contributed by atoms with van der Waals surface area (Å²) in [7, 11) is 0. The number of rotatable bonds is 0. The number of fused-ring (bicyclic) bond motifs is 7. The molecule has 0 amide bonds. The van der Waals surface area contributed by atoms with E-state index in [1.165, 1.54) is 10.9 Å². The van der Waals surface area contributed by atoms with Crippen LogP contribution in [0, 0.1) is 0 Å². The smallest absolute Gasteiger partial charge is 0.116 e. The fourth-order valence-electron chi connectivity index (χ4n) is 4.59. The van der Waals surface area contributed by atoms with Gasteiger partial charge in [0.05, 0.1) is 6.10 Å². The summed E-state index contributed by atoms with van der Waals surface area (Å²) in [6.07, 6.45) is 1.78. The van der Waals surface area contributed by atoms with Crippen molar-refractivity contribution in [3.05, 3.63) is 53.6 Å². The minimum atomic E-state index is -0.446. The zero-order valence-corrected chi connectivity index (χ0v) is 12.9. The van der Waals surface area contributed by atoms with E-state index in [9.17, 15) is 10.2 Å². The van der Waals surface area contributed by atoms with E-state index in [1.54, 1.807) is 6.07 Å². The summed E-state index contributed by atoms with van der Waals surface area (Å²) in [5, 5.41) is 25.5. The summed E-state index contributed by atoms with van der Waals surface area (Å²) < 4.78 is 0. The van der Waals surface area contributed by atoms with Gasteiger partial charge in [0, 0.05) is 12.6 Å². The van der Waals surface area contributed by atoms with E-state index >= 15 is 0 Å². The number of phenolic OH excluding ortho intramolecular Hbond substituents is 1. The summed E-state index contributed by atoms with van der Waals surface area (Å²) >= 11 is 0. The molecule has 116 valence electrons. The Morgan fingerprint density at radius 2 is 1.78 bits per heavy atom. The highest BCUT2D eigenvalue weighted by atomic mass is 16.3. The lowest BCUT2D eigenvalue weighted by Gasteiger charge is -2.37. The lowest BCUT2D eigenvalue weighted by molar-refractivity contribution is 0.0552. The monoisotopic (exact) mass is 305 g/mol. The van der Waals surface area contributed by atoms with Gasteiger partial charge in [-0.15, -0.1) is 0 Å². The van der Waals surface area contributed by atoms with Gasteiger partial charge >= 0.3 is 0 Å². The molecule has 0 spiro atoms. The van der Waals surface area contributed by atoms with Crippen molar-refractivity contribution in [2.45, 2.75) is 31.5 Å². The van der Waals surface area contributed by atoms with Crippen molar-refractivity contribution in [3.63, 3.8) is 0 Å². The minimum absolute atomic E-state index is 0.237. The Bertz CT molecular complexity index is 934. The number of hydrogen-bond donors (Lipinski definition) is 2. The summed E-state index contributed by atoms with van der Waals surface area (Å²) in [6, 6.07) is 14.1. The van der Waals surface area contributed by atoms with Crippen LogP contribution in [0.5, 0.6) is 5.75 Å². The van der Waals surface area contributed by atoms with Crippen LogP contribution in [0.15, 0.2) is 42.5 Å². The molecule has 0 aromatic heterocycles. The third kappa shape index (κ3) is 1.78. The Morgan fingerprint density at radius 3 is 2.65 bits per heavy atom. The summed E-state index contributed by atoms with van der Waals surface area (Å²) in [6.45, 7) is 1.98. The van der Waals surface area contributed by atoms with Crippen LogP contribution in [0.25, 0.3) is 21.5 Å². The van der Waals surface area contributed by atoms with Crippen molar-refractivity contribution in [2.24, 2.45) is 0 Å². The van der Waals surface area contributed by atoms with E-state index in [1.807, 2.05) is 18.2 Å². The third-order valence-corrected chi connectivity index (χ3v) is 5.60. The Balaban J connectivity index is 1.94. The van der Waals surface area contributed by atoms with Crippen LogP contribution >= 0.6 is 0 Å². The van der Waals surface area contributed by atoms with Gasteiger partial charge in [0.2, 0.25) is 0 Å². The van der Waals surface area contributed by atoms with Crippen LogP contribution in [-0.4, -0.2) is 27.7 Å². The van der Waals surface area contributed by atoms with E-state index in [0.29, 0.717) is 0 Å².